The van der Waals surface area contributed by atoms with Gasteiger partial charge in [-0.15, -0.1) is 0 Å². The van der Waals surface area contributed by atoms with Crippen LogP contribution in [0, 0.1) is 11.8 Å². The summed E-state index contributed by atoms with van der Waals surface area (Å²) in [4.78, 5) is 31.6. The lowest BCUT2D eigenvalue weighted by atomic mass is 9.93. The van der Waals surface area contributed by atoms with E-state index in [1.54, 1.807) is 14.2 Å². The molecule has 0 radical (unpaired) electrons. The molecule has 3 fully saturated rings. The van der Waals surface area contributed by atoms with Crippen molar-refractivity contribution in [3.8, 4) is 11.5 Å². The Kier molecular flexibility index (Phi) is 6.00. The second-order valence-electron chi connectivity index (χ2n) is 10.2. The summed E-state index contributed by atoms with van der Waals surface area (Å²) in [6, 6.07) is 15.8. The van der Waals surface area contributed by atoms with E-state index in [9.17, 15) is 9.59 Å². The maximum atomic E-state index is 13.8. The summed E-state index contributed by atoms with van der Waals surface area (Å²) in [6.07, 6.45) is 2.41. The highest BCUT2D eigenvalue weighted by atomic mass is 16.5. The molecule has 6 atom stereocenters. The van der Waals surface area contributed by atoms with Crippen LogP contribution in [0.15, 0.2) is 48.5 Å². The van der Waals surface area contributed by atoms with Crippen molar-refractivity contribution in [2.75, 3.05) is 14.2 Å². The average Bonchev–Trinajstić information content (AvgIpc) is 3.33. The smallest absolute Gasteiger partial charge is 0.225 e. The van der Waals surface area contributed by atoms with E-state index in [0.717, 1.165) is 35.5 Å². The van der Waals surface area contributed by atoms with E-state index < -0.39 is 0 Å². The van der Waals surface area contributed by atoms with Crippen molar-refractivity contribution in [2.45, 2.75) is 63.7 Å². The molecule has 180 valence electrons. The Bertz CT molecular complexity index is 1000. The molecular weight excluding hydrogens is 428 g/mol. The first-order valence-corrected chi connectivity index (χ1v) is 12.3. The van der Waals surface area contributed by atoms with Gasteiger partial charge in [0.25, 0.3) is 0 Å². The number of hydrogen-bond donors (Lipinski definition) is 0. The Hall–Kier alpha value is -3.02. The van der Waals surface area contributed by atoms with Crippen molar-refractivity contribution < 1.29 is 19.1 Å². The molecule has 6 heteroatoms. The minimum absolute atomic E-state index is 0.0278. The minimum atomic E-state index is -0.0750. The molecule has 0 unspecified atom stereocenters. The molecule has 3 aliphatic heterocycles. The number of nitrogens with zero attached hydrogens (tertiary/aromatic N) is 2. The summed E-state index contributed by atoms with van der Waals surface area (Å²) in [5, 5.41) is 0. The lowest BCUT2D eigenvalue weighted by molar-refractivity contribution is -0.145. The van der Waals surface area contributed by atoms with E-state index in [1.165, 1.54) is 0 Å². The van der Waals surface area contributed by atoms with Gasteiger partial charge < -0.3 is 19.3 Å². The fourth-order valence-corrected chi connectivity index (χ4v) is 6.67. The summed E-state index contributed by atoms with van der Waals surface area (Å²) in [7, 11) is 3.32. The third-order valence-electron chi connectivity index (χ3n) is 8.02. The van der Waals surface area contributed by atoms with E-state index in [2.05, 4.69) is 26.0 Å². The van der Waals surface area contributed by atoms with Gasteiger partial charge in [-0.1, -0.05) is 38.1 Å². The first kappa shape index (κ1) is 22.8. The predicted octanol–water partition coefficient (Wildman–Crippen LogP) is 4.75. The van der Waals surface area contributed by atoms with E-state index in [1.807, 2.05) is 46.2 Å². The summed E-state index contributed by atoms with van der Waals surface area (Å²) >= 11 is 0. The molecule has 2 amide bonds. The molecule has 0 spiro atoms. The van der Waals surface area contributed by atoms with Gasteiger partial charge in [0.15, 0.2) is 0 Å². The normalized spacial score (nSPS) is 31.1. The summed E-state index contributed by atoms with van der Waals surface area (Å²) in [5.41, 5.74) is 2.17. The lowest BCUT2D eigenvalue weighted by Crippen LogP contribution is -2.49. The van der Waals surface area contributed by atoms with Gasteiger partial charge in [-0.05, 0) is 60.1 Å². The molecule has 3 saturated heterocycles. The number of amides is 2. The van der Waals surface area contributed by atoms with Crippen LogP contribution in [0.1, 0.15) is 62.7 Å². The van der Waals surface area contributed by atoms with Crippen LogP contribution in [0.5, 0.6) is 11.5 Å². The Morgan fingerprint density at radius 1 is 0.706 bits per heavy atom. The SMILES string of the molecule is COc1cccc([C@@H]2[C@H](C)C[C@H]3CC(=O)N4[C@H](CC(=O)N32)C[C@@H](C)[C@H]4c2cccc(OC)c2)c1. The topological polar surface area (TPSA) is 59.1 Å². The third kappa shape index (κ3) is 3.83. The van der Waals surface area contributed by atoms with Crippen LogP contribution in [0.4, 0.5) is 0 Å². The zero-order valence-electron chi connectivity index (χ0n) is 20.4. The van der Waals surface area contributed by atoms with Crippen molar-refractivity contribution in [3.63, 3.8) is 0 Å². The molecular formula is C28H34N2O4. The number of ether oxygens (including phenoxy) is 2. The van der Waals surface area contributed by atoms with Crippen LogP contribution in [-0.2, 0) is 9.59 Å². The quantitative estimate of drug-likeness (QED) is 0.658. The maximum Gasteiger partial charge on any atom is 0.225 e. The van der Waals surface area contributed by atoms with E-state index in [0.29, 0.717) is 12.8 Å². The maximum absolute atomic E-state index is 13.8. The summed E-state index contributed by atoms with van der Waals surface area (Å²) in [5.74, 6) is 2.44. The van der Waals surface area contributed by atoms with Gasteiger partial charge in [0.05, 0.1) is 26.3 Å². The van der Waals surface area contributed by atoms with Crippen molar-refractivity contribution in [2.24, 2.45) is 11.8 Å². The molecule has 6 nitrogen and oxygen atoms in total. The third-order valence-corrected chi connectivity index (χ3v) is 8.02. The molecule has 0 bridgehead atoms. The number of benzene rings is 2. The Labute approximate surface area is 201 Å². The first-order valence-electron chi connectivity index (χ1n) is 12.3. The fourth-order valence-electron chi connectivity index (χ4n) is 6.67. The highest BCUT2D eigenvalue weighted by molar-refractivity contribution is 5.84. The van der Waals surface area contributed by atoms with E-state index in [-0.39, 0.29) is 47.8 Å². The van der Waals surface area contributed by atoms with Gasteiger partial charge >= 0.3 is 0 Å². The lowest BCUT2D eigenvalue weighted by Gasteiger charge is -2.39. The van der Waals surface area contributed by atoms with Crippen LogP contribution in [0.2, 0.25) is 0 Å². The highest BCUT2D eigenvalue weighted by Gasteiger charge is 2.50. The van der Waals surface area contributed by atoms with Crippen LogP contribution >= 0.6 is 0 Å². The number of hydrogen-bond acceptors (Lipinski definition) is 4. The second-order valence-corrected chi connectivity index (χ2v) is 10.2. The molecule has 2 aromatic carbocycles. The summed E-state index contributed by atoms with van der Waals surface area (Å²) < 4.78 is 10.9. The number of carbonyl (C=O) groups is 2. The highest BCUT2D eigenvalue weighted by Crippen LogP contribution is 2.48. The van der Waals surface area contributed by atoms with Crippen molar-refractivity contribution in [3.05, 3.63) is 59.7 Å². The van der Waals surface area contributed by atoms with Gasteiger partial charge in [-0.25, -0.2) is 0 Å². The van der Waals surface area contributed by atoms with E-state index in [4.69, 9.17) is 9.47 Å². The van der Waals surface area contributed by atoms with Crippen molar-refractivity contribution in [1.82, 2.24) is 9.80 Å². The van der Waals surface area contributed by atoms with Crippen molar-refractivity contribution >= 4 is 11.8 Å². The predicted molar refractivity (Wildman–Crippen MR) is 130 cm³/mol. The average molecular weight is 463 g/mol. The molecule has 0 aliphatic carbocycles. The number of methoxy groups -OCH3 is 2. The zero-order chi connectivity index (χ0) is 24.0. The molecule has 3 aliphatic rings. The zero-order valence-corrected chi connectivity index (χ0v) is 20.4. The molecule has 5 rings (SSSR count). The van der Waals surface area contributed by atoms with Crippen LogP contribution in [-0.4, -0.2) is 47.9 Å². The van der Waals surface area contributed by atoms with Crippen LogP contribution in [0.25, 0.3) is 0 Å². The van der Waals surface area contributed by atoms with Crippen LogP contribution < -0.4 is 9.47 Å². The molecule has 3 heterocycles. The van der Waals surface area contributed by atoms with Gasteiger partial charge in [0.2, 0.25) is 11.8 Å². The Balaban J connectivity index is 1.46. The Morgan fingerprint density at radius 2 is 1.12 bits per heavy atom. The largest absolute Gasteiger partial charge is 0.497 e. The van der Waals surface area contributed by atoms with Gasteiger partial charge in [-0.3, -0.25) is 9.59 Å². The molecule has 0 N–H and O–H groups in total. The number of carbonyl (C=O) groups excluding carboxylic acids is 2. The van der Waals surface area contributed by atoms with Crippen molar-refractivity contribution in [1.29, 1.82) is 0 Å². The van der Waals surface area contributed by atoms with E-state index >= 15 is 0 Å². The fraction of sp³-hybridized carbons (Fsp3) is 0.500. The number of fused-ring (bicyclic) bond motifs is 2. The standard InChI is InChI=1S/C28H34N2O4/c1-17-11-21-15-26(32)30-22(12-18(2)28(30)20-8-6-10-24(14-20)34-4)16-25(31)29(21)27(17)19-7-5-9-23(13-19)33-3/h5-10,13-14,17-18,21-22,27-28H,11-12,15-16H2,1-4H3/t17-,18-,21+,22+,27+,28+/m1/s1. The minimum Gasteiger partial charge on any atom is -0.497 e. The Morgan fingerprint density at radius 3 is 1.50 bits per heavy atom. The molecule has 0 saturated carbocycles. The second kappa shape index (κ2) is 8.97. The first-order chi connectivity index (χ1) is 16.4. The number of rotatable bonds is 4. The van der Waals surface area contributed by atoms with Gasteiger partial charge in [0, 0.05) is 24.9 Å². The molecule has 0 aromatic heterocycles. The van der Waals surface area contributed by atoms with Gasteiger partial charge in [0.1, 0.15) is 11.5 Å². The molecule has 34 heavy (non-hydrogen) atoms. The summed E-state index contributed by atoms with van der Waals surface area (Å²) in [6.45, 7) is 4.38. The van der Waals surface area contributed by atoms with Crippen LogP contribution in [0.3, 0.4) is 0 Å². The van der Waals surface area contributed by atoms with Gasteiger partial charge in [-0.2, -0.15) is 0 Å². The molecule has 2 aromatic rings. The monoisotopic (exact) mass is 462 g/mol.